The van der Waals surface area contributed by atoms with Crippen molar-refractivity contribution in [1.82, 2.24) is 0 Å². The number of hydrogen-bond acceptors (Lipinski definition) is 9. The number of carbonyl (C=O) groups excluding carboxylic acids is 3. The highest BCUT2D eigenvalue weighted by molar-refractivity contribution is 5.93. The standard InChI is InChI=1S/C22H28O9/c1-9-14(23)28-12-8-19-11-7-10(18(2,3)4)20(19)13(26-5)15(24)30-17(20)31-22(19,16(25)29-11)21(9,12)27-6/h9-13,17H,7-8H2,1-6H3/t9-,10?,11?,12?,13+,17?,19?,20?,21-,22?/m1/s1. The molecule has 4 aliphatic heterocycles. The van der Waals surface area contributed by atoms with Gasteiger partial charge in [-0.15, -0.1) is 0 Å². The quantitative estimate of drug-likeness (QED) is 0.462. The second kappa shape index (κ2) is 5.26. The molecule has 170 valence electrons. The van der Waals surface area contributed by atoms with Crippen molar-refractivity contribution >= 4 is 17.9 Å². The maximum absolute atomic E-state index is 13.7. The van der Waals surface area contributed by atoms with E-state index < -0.39 is 70.5 Å². The first-order valence-corrected chi connectivity index (χ1v) is 10.9. The molecule has 0 N–H and O–H groups in total. The van der Waals surface area contributed by atoms with Crippen LogP contribution >= 0.6 is 0 Å². The van der Waals surface area contributed by atoms with Crippen molar-refractivity contribution in [3.63, 3.8) is 0 Å². The van der Waals surface area contributed by atoms with Gasteiger partial charge in [-0.3, -0.25) is 4.79 Å². The van der Waals surface area contributed by atoms with Gasteiger partial charge in [0.05, 0.1) is 16.7 Å². The number of carbonyl (C=O) groups is 3. The highest BCUT2D eigenvalue weighted by Crippen LogP contribution is 2.85. The maximum atomic E-state index is 13.7. The van der Waals surface area contributed by atoms with E-state index in [1.165, 1.54) is 14.2 Å². The van der Waals surface area contributed by atoms with Crippen molar-refractivity contribution < 1.29 is 42.8 Å². The van der Waals surface area contributed by atoms with Gasteiger partial charge in [0.15, 0.2) is 11.7 Å². The molecule has 0 amide bonds. The van der Waals surface area contributed by atoms with Gasteiger partial charge in [0.2, 0.25) is 11.9 Å². The molecular formula is C22H28O9. The minimum absolute atomic E-state index is 0.111. The molecule has 9 nitrogen and oxygen atoms in total. The van der Waals surface area contributed by atoms with Crippen LogP contribution < -0.4 is 0 Å². The molecule has 6 fully saturated rings. The van der Waals surface area contributed by atoms with E-state index in [0.717, 1.165) is 0 Å². The third-order valence-electron chi connectivity index (χ3n) is 9.47. The van der Waals surface area contributed by atoms with E-state index in [1.54, 1.807) is 6.92 Å². The van der Waals surface area contributed by atoms with Crippen molar-refractivity contribution in [2.24, 2.45) is 28.1 Å². The molecule has 0 aromatic heterocycles. The summed E-state index contributed by atoms with van der Waals surface area (Å²) in [5.74, 6) is -2.38. The highest BCUT2D eigenvalue weighted by Gasteiger charge is 3.01. The number of esters is 3. The van der Waals surface area contributed by atoms with Gasteiger partial charge in [0.25, 0.3) is 0 Å². The molecule has 6 aliphatic rings. The zero-order chi connectivity index (χ0) is 22.4. The predicted octanol–water partition coefficient (Wildman–Crippen LogP) is 0.968. The molecule has 31 heavy (non-hydrogen) atoms. The third-order valence-corrected chi connectivity index (χ3v) is 9.47. The number of fused-ring (bicyclic) bond motifs is 1. The van der Waals surface area contributed by atoms with Crippen LogP contribution in [0.15, 0.2) is 0 Å². The van der Waals surface area contributed by atoms with E-state index in [4.69, 9.17) is 28.4 Å². The van der Waals surface area contributed by atoms with Crippen LogP contribution in [0.25, 0.3) is 0 Å². The van der Waals surface area contributed by atoms with Crippen molar-refractivity contribution in [1.29, 1.82) is 0 Å². The van der Waals surface area contributed by atoms with Crippen molar-refractivity contribution in [3.05, 3.63) is 0 Å². The molecule has 4 heterocycles. The fourth-order valence-electron chi connectivity index (χ4n) is 8.75. The van der Waals surface area contributed by atoms with Gasteiger partial charge >= 0.3 is 17.9 Å². The number of rotatable bonds is 2. The zero-order valence-corrected chi connectivity index (χ0v) is 18.6. The molecule has 0 aromatic carbocycles. The van der Waals surface area contributed by atoms with Crippen LogP contribution in [-0.2, 0) is 42.8 Å². The van der Waals surface area contributed by atoms with Crippen LogP contribution in [0.4, 0.5) is 0 Å². The summed E-state index contributed by atoms with van der Waals surface area (Å²) in [5.41, 5.74) is -5.23. The fraction of sp³-hybridized carbons (Fsp3) is 0.864. The minimum Gasteiger partial charge on any atom is -0.459 e. The lowest BCUT2D eigenvalue weighted by Crippen LogP contribution is -2.67. The number of hydrogen-bond donors (Lipinski definition) is 0. The molecule has 2 aliphatic carbocycles. The Kier molecular flexibility index (Phi) is 3.38. The molecule has 2 saturated carbocycles. The summed E-state index contributed by atoms with van der Waals surface area (Å²) in [6, 6.07) is 0. The molecule has 2 spiro atoms. The molecule has 10 atom stereocenters. The lowest BCUT2D eigenvalue weighted by molar-refractivity contribution is -0.244. The van der Waals surface area contributed by atoms with Crippen LogP contribution in [0.3, 0.4) is 0 Å². The molecule has 7 unspecified atom stereocenters. The first-order valence-electron chi connectivity index (χ1n) is 10.9. The topological polar surface area (TPSA) is 107 Å². The van der Waals surface area contributed by atoms with E-state index in [-0.39, 0.29) is 17.8 Å². The summed E-state index contributed by atoms with van der Waals surface area (Å²) < 4.78 is 35.9. The van der Waals surface area contributed by atoms with E-state index in [2.05, 4.69) is 20.8 Å². The third kappa shape index (κ3) is 1.55. The van der Waals surface area contributed by atoms with Crippen molar-refractivity contribution in [3.8, 4) is 0 Å². The summed E-state index contributed by atoms with van der Waals surface area (Å²) in [6.45, 7) is 8.00. The highest BCUT2D eigenvalue weighted by atomic mass is 16.8. The molecule has 6 rings (SSSR count). The van der Waals surface area contributed by atoms with Gasteiger partial charge in [-0.1, -0.05) is 20.8 Å². The molecule has 0 radical (unpaired) electrons. The fourth-order valence-corrected chi connectivity index (χ4v) is 8.75. The molecule has 0 aromatic rings. The van der Waals surface area contributed by atoms with Crippen LogP contribution in [-0.4, -0.2) is 67.9 Å². The average molecular weight is 436 g/mol. The Hall–Kier alpha value is -1.71. The monoisotopic (exact) mass is 436 g/mol. The Morgan fingerprint density at radius 3 is 2.32 bits per heavy atom. The summed E-state index contributed by atoms with van der Waals surface area (Å²) in [4.78, 5) is 39.3. The van der Waals surface area contributed by atoms with E-state index in [1.807, 2.05) is 0 Å². The molecule has 4 saturated heterocycles. The van der Waals surface area contributed by atoms with Crippen LogP contribution in [0.5, 0.6) is 0 Å². The van der Waals surface area contributed by atoms with Crippen molar-refractivity contribution in [2.75, 3.05) is 14.2 Å². The maximum Gasteiger partial charge on any atom is 0.342 e. The Balaban J connectivity index is 1.70. The van der Waals surface area contributed by atoms with Crippen molar-refractivity contribution in [2.45, 2.75) is 76.3 Å². The van der Waals surface area contributed by atoms with Crippen LogP contribution in [0.2, 0.25) is 0 Å². The molecule has 9 heteroatoms. The lowest BCUT2D eigenvalue weighted by atomic mass is 9.51. The lowest BCUT2D eigenvalue weighted by Gasteiger charge is -2.47. The number of ether oxygens (including phenoxy) is 6. The number of methoxy groups -OCH3 is 2. The Morgan fingerprint density at radius 2 is 1.71 bits per heavy atom. The van der Waals surface area contributed by atoms with Gasteiger partial charge in [-0.2, -0.15) is 0 Å². The van der Waals surface area contributed by atoms with E-state index in [9.17, 15) is 14.4 Å². The van der Waals surface area contributed by atoms with Gasteiger partial charge in [-0.25, -0.2) is 9.59 Å². The molecule has 0 bridgehead atoms. The van der Waals surface area contributed by atoms with Gasteiger partial charge in [0.1, 0.15) is 12.2 Å². The SMILES string of the molecule is CO[C@H]1C(=O)OC2OC34C(=O)OC5CC(C(C)(C)C)C21C53CC1OC(=O)[C@@H](C)[C@@]14OC. The Labute approximate surface area is 180 Å². The van der Waals surface area contributed by atoms with Gasteiger partial charge in [0, 0.05) is 20.6 Å². The van der Waals surface area contributed by atoms with Gasteiger partial charge < -0.3 is 28.4 Å². The van der Waals surface area contributed by atoms with E-state index in [0.29, 0.717) is 6.42 Å². The van der Waals surface area contributed by atoms with E-state index >= 15 is 0 Å². The second-order valence-electron chi connectivity index (χ2n) is 11.0. The Bertz CT molecular complexity index is 924. The average Bonchev–Trinajstić information content (AvgIpc) is 3.39. The first-order chi connectivity index (χ1) is 14.5. The zero-order valence-electron chi connectivity index (χ0n) is 18.6. The predicted molar refractivity (Wildman–Crippen MR) is 100 cm³/mol. The summed E-state index contributed by atoms with van der Waals surface area (Å²) in [5, 5.41) is 0. The van der Waals surface area contributed by atoms with Gasteiger partial charge in [-0.05, 0) is 24.7 Å². The minimum atomic E-state index is -1.63. The summed E-state index contributed by atoms with van der Waals surface area (Å²) >= 11 is 0. The summed E-state index contributed by atoms with van der Waals surface area (Å²) in [7, 11) is 2.95. The second-order valence-corrected chi connectivity index (χ2v) is 11.0. The Morgan fingerprint density at radius 1 is 1.00 bits per heavy atom. The van der Waals surface area contributed by atoms with Crippen LogP contribution in [0.1, 0.15) is 40.5 Å². The molecular weight excluding hydrogens is 408 g/mol. The largest absolute Gasteiger partial charge is 0.459 e. The normalized spacial score (nSPS) is 56.1. The van der Waals surface area contributed by atoms with Crippen LogP contribution in [0, 0.1) is 28.1 Å². The summed E-state index contributed by atoms with van der Waals surface area (Å²) in [6.07, 6.45) is -2.32. The first kappa shape index (κ1) is 19.9. The smallest absolute Gasteiger partial charge is 0.342 e.